The topological polar surface area (TPSA) is 38.8 Å². The number of carbonyl (C=O) groups excluding carboxylic acids is 1. The fourth-order valence-electron chi connectivity index (χ4n) is 4.58. The van der Waals surface area contributed by atoms with E-state index < -0.39 is 0 Å². The van der Waals surface area contributed by atoms with Crippen molar-refractivity contribution in [3.8, 4) is 0 Å². The highest BCUT2D eigenvalue weighted by Gasteiger charge is 2.25. The van der Waals surface area contributed by atoms with E-state index in [4.69, 9.17) is 0 Å². The fourth-order valence-corrected chi connectivity index (χ4v) is 4.58. The van der Waals surface area contributed by atoms with Gasteiger partial charge in [0.1, 0.15) is 0 Å². The Hall–Kier alpha value is -3.31. The van der Waals surface area contributed by atoms with Crippen molar-refractivity contribution in [3.05, 3.63) is 96.1 Å². The maximum absolute atomic E-state index is 12.7. The average Bonchev–Trinajstić information content (AvgIpc) is 2.89. The molecule has 1 amide bonds. The van der Waals surface area contributed by atoms with Gasteiger partial charge in [0, 0.05) is 64.6 Å². The van der Waals surface area contributed by atoms with E-state index in [0.717, 1.165) is 32.6 Å². The predicted octanol–water partition coefficient (Wildman–Crippen LogP) is 4.36. The van der Waals surface area contributed by atoms with Gasteiger partial charge in [-0.1, -0.05) is 60.7 Å². The second-order valence-corrected chi connectivity index (χ2v) is 9.15. The smallest absolute Gasteiger partial charge is 0.220 e. The Bertz CT molecular complexity index is 1010. The molecule has 5 heteroatoms. The van der Waals surface area contributed by atoms with Crippen LogP contribution in [0.4, 0.5) is 11.4 Å². The van der Waals surface area contributed by atoms with E-state index in [1.54, 1.807) is 0 Å². The number of nitrogens with one attached hydrogen (secondary N) is 1. The van der Waals surface area contributed by atoms with Gasteiger partial charge in [-0.3, -0.25) is 9.69 Å². The van der Waals surface area contributed by atoms with Gasteiger partial charge in [-0.2, -0.15) is 0 Å². The summed E-state index contributed by atoms with van der Waals surface area (Å²) < 4.78 is 0. The van der Waals surface area contributed by atoms with Gasteiger partial charge in [0.05, 0.1) is 6.04 Å². The molecule has 3 aromatic carbocycles. The minimum Gasteiger partial charge on any atom is -0.378 e. The molecule has 0 aromatic heterocycles. The molecule has 1 fully saturated rings. The van der Waals surface area contributed by atoms with Crippen molar-refractivity contribution in [2.45, 2.75) is 18.9 Å². The number of amides is 1. The molecule has 0 saturated carbocycles. The van der Waals surface area contributed by atoms with Gasteiger partial charge in [-0.25, -0.2) is 0 Å². The Labute approximate surface area is 204 Å². The summed E-state index contributed by atoms with van der Waals surface area (Å²) in [5.74, 6) is 0.113. The molecular formula is C29H36N4O. The van der Waals surface area contributed by atoms with E-state index in [-0.39, 0.29) is 11.9 Å². The lowest BCUT2D eigenvalue weighted by Crippen LogP contribution is -2.50. The van der Waals surface area contributed by atoms with Gasteiger partial charge in [0.2, 0.25) is 5.91 Å². The van der Waals surface area contributed by atoms with Gasteiger partial charge in [0.15, 0.2) is 0 Å². The number of carbonyl (C=O) groups is 1. The van der Waals surface area contributed by atoms with E-state index >= 15 is 0 Å². The summed E-state index contributed by atoms with van der Waals surface area (Å²) in [6.45, 7) is 4.53. The van der Waals surface area contributed by atoms with Crippen molar-refractivity contribution in [2.24, 2.45) is 0 Å². The number of para-hydroxylation sites is 1. The zero-order valence-electron chi connectivity index (χ0n) is 20.4. The SMILES string of the molecule is CN(C)c1ccc(C(CNC(=O)CCc2ccccc2)N2CCN(c3ccccc3)CC2)cc1. The summed E-state index contributed by atoms with van der Waals surface area (Å²) >= 11 is 0. The van der Waals surface area contributed by atoms with Crippen LogP contribution in [0.1, 0.15) is 23.6 Å². The standard InChI is InChI=1S/C29H36N4O/c1-31(2)26-16-14-25(15-17-26)28(23-30-29(34)18-13-24-9-5-3-6-10-24)33-21-19-32(20-22-33)27-11-7-4-8-12-27/h3-12,14-17,28H,13,18-23H2,1-2H3,(H,30,34). The molecule has 1 heterocycles. The van der Waals surface area contributed by atoms with E-state index in [0.29, 0.717) is 13.0 Å². The molecule has 0 spiro atoms. The summed E-state index contributed by atoms with van der Waals surface area (Å²) in [4.78, 5) is 19.7. The molecule has 178 valence electrons. The highest BCUT2D eigenvalue weighted by atomic mass is 16.1. The number of piperazine rings is 1. The molecule has 1 unspecified atom stereocenters. The Morgan fingerprint density at radius 2 is 1.47 bits per heavy atom. The maximum Gasteiger partial charge on any atom is 0.220 e. The fraction of sp³-hybridized carbons (Fsp3) is 0.345. The first-order chi connectivity index (χ1) is 16.6. The molecule has 1 N–H and O–H groups in total. The summed E-state index contributed by atoms with van der Waals surface area (Å²) in [6, 6.07) is 29.7. The lowest BCUT2D eigenvalue weighted by atomic mass is 10.0. The van der Waals surface area contributed by atoms with Crippen LogP contribution in [0.3, 0.4) is 0 Å². The maximum atomic E-state index is 12.7. The molecule has 5 nitrogen and oxygen atoms in total. The zero-order valence-corrected chi connectivity index (χ0v) is 20.4. The Morgan fingerprint density at radius 1 is 0.853 bits per heavy atom. The third-order valence-electron chi connectivity index (χ3n) is 6.65. The molecule has 34 heavy (non-hydrogen) atoms. The van der Waals surface area contributed by atoms with E-state index in [9.17, 15) is 4.79 Å². The van der Waals surface area contributed by atoms with Crippen LogP contribution in [-0.2, 0) is 11.2 Å². The molecule has 1 aliphatic heterocycles. The number of anilines is 2. The van der Waals surface area contributed by atoms with Crippen molar-refractivity contribution in [1.29, 1.82) is 0 Å². The van der Waals surface area contributed by atoms with Gasteiger partial charge in [0.25, 0.3) is 0 Å². The van der Waals surface area contributed by atoms with Crippen LogP contribution in [0.15, 0.2) is 84.9 Å². The highest BCUT2D eigenvalue weighted by molar-refractivity contribution is 5.76. The van der Waals surface area contributed by atoms with E-state index in [1.165, 1.54) is 22.5 Å². The first kappa shape index (κ1) is 23.8. The number of benzene rings is 3. The van der Waals surface area contributed by atoms with Crippen molar-refractivity contribution in [1.82, 2.24) is 10.2 Å². The molecule has 0 bridgehead atoms. The first-order valence-corrected chi connectivity index (χ1v) is 12.2. The Kier molecular flexibility index (Phi) is 8.21. The van der Waals surface area contributed by atoms with Crippen LogP contribution in [0.2, 0.25) is 0 Å². The minimum atomic E-state index is 0.113. The number of aryl methyl sites for hydroxylation is 1. The summed E-state index contributed by atoms with van der Waals surface area (Å²) in [5.41, 5.74) is 4.92. The van der Waals surface area contributed by atoms with Crippen LogP contribution >= 0.6 is 0 Å². The summed E-state index contributed by atoms with van der Waals surface area (Å²) in [5, 5.41) is 3.22. The Morgan fingerprint density at radius 3 is 2.09 bits per heavy atom. The van der Waals surface area contributed by atoms with Crippen LogP contribution in [0.5, 0.6) is 0 Å². The average molecular weight is 457 g/mol. The van der Waals surface area contributed by atoms with Crippen LogP contribution in [0.25, 0.3) is 0 Å². The minimum absolute atomic E-state index is 0.113. The largest absolute Gasteiger partial charge is 0.378 e. The van der Waals surface area contributed by atoms with Gasteiger partial charge in [-0.05, 0) is 41.8 Å². The molecular weight excluding hydrogens is 420 g/mol. The monoisotopic (exact) mass is 456 g/mol. The van der Waals surface area contributed by atoms with Crippen LogP contribution in [0, 0.1) is 0 Å². The van der Waals surface area contributed by atoms with Gasteiger partial charge >= 0.3 is 0 Å². The lowest BCUT2D eigenvalue weighted by Gasteiger charge is -2.40. The van der Waals surface area contributed by atoms with E-state index in [1.807, 2.05) is 18.2 Å². The third-order valence-corrected chi connectivity index (χ3v) is 6.65. The Balaban J connectivity index is 1.40. The second-order valence-electron chi connectivity index (χ2n) is 9.15. The quantitative estimate of drug-likeness (QED) is 0.519. The molecule has 3 aromatic rings. The zero-order chi connectivity index (χ0) is 23.8. The molecule has 1 saturated heterocycles. The number of rotatable bonds is 9. The molecule has 0 radical (unpaired) electrons. The number of nitrogens with zero attached hydrogens (tertiary/aromatic N) is 3. The number of hydrogen-bond acceptors (Lipinski definition) is 4. The first-order valence-electron chi connectivity index (χ1n) is 12.2. The van der Waals surface area contributed by atoms with E-state index in [2.05, 4.69) is 101 Å². The van der Waals surface area contributed by atoms with Gasteiger partial charge in [-0.15, -0.1) is 0 Å². The van der Waals surface area contributed by atoms with Crippen molar-refractivity contribution in [2.75, 3.05) is 56.6 Å². The number of hydrogen-bond donors (Lipinski definition) is 1. The second kappa shape index (κ2) is 11.7. The normalized spacial score (nSPS) is 15.1. The predicted molar refractivity (Wildman–Crippen MR) is 142 cm³/mol. The molecule has 4 rings (SSSR count). The van der Waals surface area contributed by atoms with Crippen LogP contribution < -0.4 is 15.1 Å². The van der Waals surface area contributed by atoms with Crippen molar-refractivity contribution >= 4 is 17.3 Å². The van der Waals surface area contributed by atoms with Crippen LogP contribution in [-0.4, -0.2) is 57.6 Å². The highest BCUT2D eigenvalue weighted by Crippen LogP contribution is 2.25. The van der Waals surface area contributed by atoms with Crippen molar-refractivity contribution < 1.29 is 4.79 Å². The lowest BCUT2D eigenvalue weighted by molar-refractivity contribution is -0.121. The van der Waals surface area contributed by atoms with Crippen molar-refractivity contribution in [3.63, 3.8) is 0 Å². The molecule has 1 aliphatic rings. The molecule has 1 atom stereocenters. The van der Waals surface area contributed by atoms with Gasteiger partial charge < -0.3 is 15.1 Å². The molecule has 0 aliphatic carbocycles. The third kappa shape index (κ3) is 6.39. The summed E-state index contributed by atoms with van der Waals surface area (Å²) in [7, 11) is 4.12. The summed E-state index contributed by atoms with van der Waals surface area (Å²) in [6.07, 6.45) is 1.28.